The van der Waals surface area contributed by atoms with Crippen molar-refractivity contribution in [1.82, 2.24) is 5.32 Å². The minimum Gasteiger partial charge on any atom is -0.405 e. The van der Waals surface area contributed by atoms with Crippen molar-refractivity contribution >= 4 is 33.2 Å². The predicted octanol–water partition coefficient (Wildman–Crippen LogP) is 3.54. The highest BCUT2D eigenvalue weighted by Gasteiger charge is 2.32. The summed E-state index contributed by atoms with van der Waals surface area (Å²) in [5, 5.41) is 2.53. The zero-order valence-corrected chi connectivity index (χ0v) is 15.4. The van der Waals surface area contributed by atoms with E-state index in [-0.39, 0.29) is 28.4 Å². The molecule has 0 spiro atoms. The van der Waals surface area contributed by atoms with Crippen molar-refractivity contribution in [3.05, 3.63) is 58.6 Å². The summed E-state index contributed by atoms with van der Waals surface area (Å²) in [6.45, 7) is -0.234. The lowest BCUT2D eigenvalue weighted by molar-refractivity contribution is -0.274. The largest absolute Gasteiger partial charge is 0.573 e. The Balaban J connectivity index is 2.14. The summed E-state index contributed by atoms with van der Waals surface area (Å²) >= 11 is 5.88. The monoisotopic (exact) mass is 422 g/mol. The number of carbonyl (C=O) groups excluding carboxylic acids is 1. The average molecular weight is 423 g/mol. The molecule has 0 aromatic heterocycles. The van der Waals surface area contributed by atoms with E-state index in [1.807, 2.05) is 0 Å². The number of para-hydroxylation sites is 1. The quantitative estimate of drug-likeness (QED) is 0.745. The second-order valence-electron chi connectivity index (χ2n) is 5.41. The maximum Gasteiger partial charge on any atom is 0.573 e. The Labute approximate surface area is 158 Å². The number of sulfonamides is 1. The molecule has 2 aromatic rings. The molecule has 1 amide bonds. The Morgan fingerprint density at radius 3 is 2.48 bits per heavy atom. The number of hydrogen-bond donors (Lipinski definition) is 2. The van der Waals surface area contributed by atoms with E-state index < -0.39 is 28.0 Å². The highest BCUT2D eigenvalue weighted by Crippen LogP contribution is 2.27. The van der Waals surface area contributed by atoms with Crippen LogP contribution in [0.2, 0.25) is 5.02 Å². The molecule has 0 bridgehead atoms. The predicted molar refractivity (Wildman–Crippen MR) is 94.2 cm³/mol. The number of amides is 1. The SMILES string of the molecule is CS(=O)(=O)Nc1cc(C(=O)NCc2ccccc2OC(F)(F)F)ccc1Cl. The molecule has 146 valence electrons. The second kappa shape index (κ2) is 8.05. The van der Waals surface area contributed by atoms with E-state index in [0.717, 1.165) is 12.3 Å². The maximum absolute atomic E-state index is 12.4. The first-order valence-corrected chi connectivity index (χ1v) is 9.61. The van der Waals surface area contributed by atoms with Gasteiger partial charge in [0.15, 0.2) is 0 Å². The molecule has 6 nitrogen and oxygen atoms in total. The van der Waals surface area contributed by atoms with E-state index in [9.17, 15) is 26.4 Å². The van der Waals surface area contributed by atoms with Crippen LogP contribution in [0.25, 0.3) is 0 Å². The van der Waals surface area contributed by atoms with E-state index in [4.69, 9.17) is 11.6 Å². The Morgan fingerprint density at radius 1 is 1.19 bits per heavy atom. The third-order valence-corrected chi connectivity index (χ3v) is 4.08. The van der Waals surface area contributed by atoms with E-state index in [1.165, 1.54) is 36.4 Å². The van der Waals surface area contributed by atoms with Gasteiger partial charge in [-0.15, -0.1) is 13.2 Å². The maximum atomic E-state index is 12.4. The number of benzene rings is 2. The van der Waals surface area contributed by atoms with Gasteiger partial charge in [-0.2, -0.15) is 0 Å². The molecule has 2 N–H and O–H groups in total. The van der Waals surface area contributed by atoms with Gasteiger partial charge in [0.1, 0.15) is 5.75 Å². The lowest BCUT2D eigenvalue weighted by Gasteiger charge is -2.14. The molecular formula is C16H14ClF3N2O4S. The van der Waals surface area contributed by atoms with Crippen LogP contribution in [0.4, 0.5) is 18.9 Å². The molecular weight excluding hydrogens is 409 g/mol. The van der Waals surface area contributed by atoms with Crippen LogP contribution in [-0.4, -0.2) is 26.9 Å². The van der Waals surface area contributed by atoms with Gasteiger partial charge in [0, 0.05) is 17.7 Å². The van der Waals surface area contributed by atoms with Crippen LogP contribution in [-0.2, 0) is 16.6 Å². The van der Waals surface area contributed by atoms with E-state index in [1.54, 1.807) is 0 Å². The number of nitrogens with one attached hydrogen (secondary N) is 2. The van der Waals surface area contributed by atoms with E-state index >= 15 is 0 Å². The van der Waals surface area contributed by atoms with Gasteiger partial charge < -0.3 is 10.1 Å². The molecule has 0 heterocycles. The van der Waals surface area contributed by atoms with Gasteiger partial charge in [-0.1, -0.05) is 29.8 Å². The average Bonchev–Trinajstić information content (AvgIpc) is 2.53. The second-order valence-corrected chi connectivity index (χ2v) is 7.56. The highest BCUT2D eigenvalue weighted by molar-refractivity contribution is 7.92. The number of ether oxygens (including phenoxy) is 1. The molecule has 11 heteroatoms. The van der Waals surface area contributed by atoms with Gasteiger partial charge in [0.25, 0.3) is 5.91 Å². The number of hydrogen-bond acceptors (Lipinski definition) is 4. The standard InChI is InChI=1S/C16H14ClF3N2O4S/c1-27(24,25)22-13-8-10(6-7-12(13)17)15(23)21-9-11-4-2-3-5-14(11)26-16(18,19)20/h2-8,22H,9H2,1H3,(H,21,23). The van der Waals surface area contributed by atoms with Crippen LogP contribution in [0, 0.1) is 0 Å². The smallest absolute Gasteiger partial charge is 0.405 e. The highest BCUT2D eigenvalue weighted by atomic mass is 35.5. The molecule has 0 saturated carbocycles. The summed E-state index contributed by atoms with van der Waals surface area (Å²) < 4.78 is 66.0. The minimum absolute atomic E-state index is 0.00706. The first-order valence-electron chi connectivity index (χ1n) is 7.34. The molecule has 0 aliphatic heterocycles. The van der Waals surface area contributed by atoms with Crippen molar-refractivity contribution in [2.24, 2.45) is 0 Å². The summed E-state index contributed by atoms with van der Waals surface area (Å²) in [5.41, 5.74) is 0.194. The fourth-order valence-corrected chi connectivity index (χ4v) is 2.89. The Kier molecular flexibility index (Phi) is 6.22. The number of anilines is 1. The van der Waals surface area contributed by atoms with Crippen LogP contribution in [0.1, 0.15) is 15.9 Å². The first-order chi connectivity index (χ1) is 12.4. The molecule has 0 atom stereocenters. The summed E-state index contributed by atoms with van der Waals surface area (Å²) in [4.78, 5) is 12.2. The zero-order chi connectivity index (χ0) is 20.2. The summed E-state index contributed by atoms with van der Waals surface area (Å²) in [6, 6.07) is 9.27. The van der Waals surface area contributed by atoms with Crippen molar-refractivity contribution in [2.45, 2.75) is 12.9 Å². The Hall–Kier alpha value is -2.46. The zero-order valence-electron chi connectivity index (χ0n) is 13.8. The Morgan fingerprint density at radius 2 is 1.85 bits per heavy atom. The van der Waals surface area contributed by atoms with Crippen LogP contribution < -0.4 is 14.8 Å². The molecule has 2 rings (SSSR count). The van der Waals surface area contributed by atoms with Crippen molar-refractivity contribution in [3.8, 4) is 5.75 Å². The molecule has 0 fully saturated rings. The van der Waals surface area contributed by atoms with Crippen molar-refractivity contribution in [3.63, 3.8) is 0 Å². The summed E-state index contributed by atoms with van der Waals surface area (Å²) in [6.07, 6.45) is -3.93. The lowest BCUT2D eigenvalue weighted by Crippen LogP contribution is -2.24. The fourth-order valence-electron chi connectivity index (χ4n) is 2.10. The van der Waals surface area contributed by atoms with Gasteiger partial charge in [-0.05, 0) is 24.3 Å². The van der Waals surface area contributed by atoms with Crippen molar-refractivity contribution in [1.29, 1.82) is 0 Å². The number of rotatable bonds is 6. The van der Waals surface area contributed by atoms with Crippen LogP contribution in [0.15, 0.2) is 42.5 Å². The molecule has 0 aliphatic rings. The summed E-state index contributed by atoms with van der Waals surface area (Å²) in [7, 11) is -3.61. The first kappa shape index (κ1) is 20.8. The fraction of sp³-hybridized carbons (Fsp3) is 0.188. The molecule has 0 unspecified atom stereocenters. The molecule has 0 aliphatic carbocycles. The van der Waals surface area contributed by atoms with Gasteiger partial charge in [0.2, 0.25) is 10.0 Å². The minimum atomic E-state index is -4.86. The van der Waals surface area contributed by atoms with Crippen LogP contribution >= 0.6 is 11.6 Å². The molecule has 0 saturated heterocycles. The van der Waals surface area contributed by atoms with Crippen LogP contribution in [0.5, 0.6) is 5.75 Å². The van der Waals surface area contributed by atoms with Gasteiger partial charge in [0.05, 0.1) is 17.0 Å². The van der Waals surface area contributed by atoms with Crippen molar-refractivity contribution < 1.29 is 31.1 Å². The topological polar surface area (TPSA) is 84.5 Å². The third-order valence-electron chi connectivity index (χ3n) is 3.16. The van der Waals surface area contributed by atoms with E-state index in [2.05, 4.69) is 14.8 Å². The normalized spacial score (nSPS) is 11.7. The Bertz CT molecular complexity index is 949. The van der Waals surface area contributed by atoms with Gasteiger partial charge in [-0.3, -0.25) is 9.52 Å². The number of halogens is 4. The van der Waals surface area contributed by atoms with Gasteiger partial charge in [-0.25, -0.2) is 8.42 Å². The molecule has 27 heavy (non-hydrogen) atoms. The summed E-state index contributed by atoms with van der Waals surface area (Å²) in [5.74, 6) is -1.06. The molecule has 0 radical (unpaired) electrons. The third kappa shape index (κ3) is 6.65. The number of carbonyl (C=O) groups is 1. The number of alkyl halides is 3. The van der Waals surface area contributed by atoms with Crippen molar-refractivity contribution in [2.75, 3.05) is 11.0 Å². The lowest BCUT2D eigenvalue weighted by atomic mass is 10.1. The van der Waals surface area contributed by atoms with Gasteiger partial charge >= 0.3 is 6.36 Å². The molecule has 2 aromatic carbocycles. The van der Waals surface area contributed by atoms with E-state index in [0.29, 0.717) is 0 Å². The van der Waals surface area contributed by atoms with Crippen LogP contribution in [0.3, 0.4) is 0 Å².